The Labute approximate surface area is 693 Å². The minimum absolute atomic E-state index is 0.139. The molecule has 5 aliphatic heterocycles. The number of halogens is 2. The molecule has 13 nitrogen and oxygen atoms in total. The van der Waals surface area contributed by atoms with Crippen LogP contribution in [0.25, 0.3) is 0 Å². The summed E-state index contributed by atoms with van der Waals surface area (Å²) in [6.45, 7) is 3.70. The summed E-state index contributed by atoms with van der Waals surface area (Å²) in [7, 11) is 1.99. The van der Waals surface area contributed by atoms with Gasteiger partial charge in [0.05, 0.1) is 49.0 Å². The van der Waals surface area contributed by atoms with Gasteiger partial charge in [-0.1, -0.05) is 247 Å². The Morgan fingerprint density at radius 2 is 0.702 bits per heavy atom. The molecule has 0 unspecified atom stereocenters. The van der Waals surface area contributed by atoms with Gasteiger partial charge in [0.25, 0.3) is 0 Å². The van der Waals surface area contributed by atoms with Crippen LogP contribution in [-0.2, 0) is 71.9 Å². The maximum absolute atomic E-state index is 6.25. The Hall–Kier alpha value is -8.86. The van der Waals surface area contributed by atoms with Crippen LogP contribution >= 0.6 is 45.9 Å². The third-order valence-corrected chi connectivity index (χ3v) is 28.4. The molecule has 0 amide bonds. The fourth-order valence-corrected chi connectivity index (χ4v) is 21.6. The van der Waals surface area contributed by atoms with Crippen LogP contribution < -0.4 is 26.6 Å². The van der Waals surface area contributed by atoms with E-state index in [1.54, 1.807) is 28.9 Å². The number of fused-ring (bicyclic) bond motifs is 5. The second-order valence-electron chi connectivity index (χ2n) is 33.8. The molecule has 0 radical (unpaired) electrons. The van der Waals surface area contributed by atoms with Crippen LogP contribution in [0.3, 0.4) is 0 Å². The SMILES string of the molecule is Clc1cc2c(cc1Cl)NC(=NCc1cccs1)C1(CCCCC1)C2.Cn1cc2c(n1)NC(=NCc1ccccc1)C1(CCCCC1)C2.c1ccc(CN=C2Nc3ccccc3CC23CCCCC3)cc1.c1coc(CN=C2Nc3ccccc3CC23CCCCC3)c1.c1csc(CN=C2Nc3ccccc3CC23CCCCC3)c1. The van der Waals surface area contributed by atoms with Crippen molar-refractivity contribution in [3.8, 4) is 0 Å². The molecule has 5 fully saturated rings. The number of anilines is 5. The summed E-state index contributed by atoms with van der Waals surface area (Å²) in [6, 6.07) is 63.6. The molecule has 592 valence electrons. The van der Waals surface area contributed by atoms with Crippen LogP contribution in [0.4, 0.5) is 28.6 Å². The molecule has 5 spiro atoms. The molecule has 17 heteroatoms. The van der Waals surface area contributed by atoms with Crippen LogP contribution in [0.15, 0.2) is 235 Å². The summed E-state index contributed by atoms with van der Waals surface area (Å²) in [5.74, 6) is 7.85. The molecule has 114 heavy (non-hydrogen) atoms. The smallest absolute Gasteiger partial charge is 0.156 e. The number of nitrogens with zero attached hydrogens (tertiary/aromatic N) is 7. The standard InChI is InChI=1S/C21H24N2.C19H20Cl2N2S.C19H24N4.C19H22N2O.C19H22N2S/c1-3-9-17(10-4-1)16-22-20-21(13-7-2-8-14-21)15-18-11-5-6-12-19(18)23-20;20-15-9-13-11-19(6-2-1-3-7-19)18(23-17(13)10-16(15)21)22-12-14-5-4-8-24-14;1-23-14-16-12-19(10-6-3-7-11-19)18(21-17(16)22-23)20-13-15-8-4-2-5-9-15;2*1-4-10-19(11-5-1)13-15-7-2-3-9-17(15)21-18(19)20-14-16-8-6-12-22-16/h1,3-6,9-12H,2,7-8,13-16H2,(H,22,23);4-5,8-10H,1-3,6-7,11-12H2,(H,22,23);2,4-5,8-9,14H,3,6-7,10-13H2,1H3,(H,20,21,22);2*2-3,6-9,12H,1,4-5,10-11,13-14H2,(H,20,21). The molecule has 4 aromatic heterocycles. The van der Waals surface area contributed by atoms with E-state index >= 15 is 0 Å². The number of hydrogen-bond acceptors (Lipinski definition) is 9. The summed E-state index contributed by atoms with van der Waals surface area (Å²) in [5, 5.41) is 28.2. The second-order valence-corrected chi connectivity index (χ2v) is 36.7. The predicted molar refractivity (Wildman–Crippen MR) is 479 cm³/mol. The number of hydrogen-bond donors (Lipinski definition) is 5. The van der Waals surface area contributed by atoms with Crippen LogP contribution in [0.2, 0.25) is 10.0 Å². The molecule has 9 heterocycles. The highest BCUT2D eigenvalue weighted by molar-refractivity contribution is 7.10. The average molecular weight is 1600 g/mol. The number of benzene rings is 6. The Bertz CT molecular complexity index is 4830. The first kappa shape index (κ1) is 79.0. The quantitative estimate of drug-likeness (QED) is 0.0914. The summed E-state index contributed by atoms with van der Waals surface area (Å²) in [5.41, 5.74) is 15.3. The highest BCUT2D eigenvalue weighted by atomic mass is 35.5. The largest absolute Gasteiger partial charge is 0.467 e. The Kier molecular flexibility index (Phi) is 25.6. The average Bonchev–Trinajstić information content (AvgIpc) is 1.34. The van der Waals surface area contributed by atoms with Gasteiger partial charge in [0.15, 0.2) is 5.82 Å². The fraction of sp³-hybridized carbons (Fsp3) is 0.423. The van der Waals surface area contributed by atoms with Gasteiger partial charge in [0.1, 0.15) is 34.9 Å². The normalized spacial score (nSPS) is 21.2. The second kappa shape index (κ2) is 37.0. The third kappa shape index (κ3) is 18.8. The van der Waals surface area contributed by atoms with Gasteiger partial charge in [-0.2, -0.15) is 5.10 Å². The van der Waals surface area contributed by atoms with Crippen molar-refractivity contribution in [1.29, 1.82) is 0 Å². The minimum Gasteiger partial charge on any atom is -0.467 e. The number of aliphatic imine (C=N–C) groups is 5. The van der Waals surface area contributed by atoms with E-state index in [2.05, 4.69) is 206 Å². The minimum atomic E-state index is 0.139. The van der Waals surface area contributed by atoms with Gasteiger partial charge in [-0.25, -0.2) is 0 Å². The lowest BCUT2D eigenvalue weighted by Gasteiger charge is -2.42. The van der Waals surface area contributed by atoms with E-state index in [0.717, 1.165) is 87.2 Å². The number of nitrogens with one attached hydrogen (secondary N) is 5. The monoisotopic (exact) mass is 1590 g/mol. The molecular formula is C97H112Cl2N12OS2. The number of furan rings is 1. The van der Waals surface area contributed by atoms with Crippen LogP contribution in [-0.4, -0.2) is 39.0 Å². The number of para-hydroxylation sites is 3. The first-order chi connectivity index (χ1) is 56.0. The van der Waals surface area contributed by atoms with E-state index in [1.807, 2.05) is 36.0 Å². The van der Waals surface area contributed by atoms with Gasteiger partial charge in [-0.15, -0.1) is 22.7 Å². The van der Waals surface area contributed by atoms with Crippen molar-refractivity contribution in [2.45, 2.75) is 225 Å². The lowest BCUT2D eigenvalue weighted by Crippen LogP contribution is -2.43. The zero-order valence-corrected chi connectivity index (χ0v) is 69.6. The first-order valence-corrected chi connectivity index (χ1v) is 45.0. The summed E-state index contributed by atoms with van der Waals surface area (Å²) in [4.78, 5) is 27.6. The van der Waals surface area contributed by atoms with Crippen molar-refractivity contribution in [2.75, 3.05) is 26.6 Å². The van der Waals surface area contributed by atoms with E-state index in [4.69, 9.17) is 52.6 Å². The molecule has 10 aromatic rings. The van der Waals surface area contributed by atoms with E-state index in [9.17, 15) is 0 Å². The maximum Gasteiger partial charge on any atom is 0.156 e. The van der Waals surface area contributed by atoms with Crippen molar-refractivity contribution in [3.63, 3.8) is 0 Å². The Morgan fingerprint density at radius 1 is 0.351 bits per heavy atom. The van der Waals surface area contributed by atoms with Crippen molar-refractivity contribution >= 4 is 104 Å². The number of thiophene rings is 2. The Balaban J connectivity index is 0.000000107. The van der Waals surface area contributed by atoms with E-state index in [-0.39, 0.29) is 27.1 Å². The van der Waals surface area contributed by atoms with E-state index in [1.165, 1.54) is 244 Å². The predicted octanol–water partition coefficient (Wildman–Crippen LogP) is 25.8. The number of aromatic nitrogens is 2. The lowest BCUT2D eigenvalue weighted by atomic mass is 9.67. The summed E-state index contributed by atoms with van der Waals surface area (Å²) in [6.07, 6.45) is 41.7. The number of aryl methyl sites for hydroxylation is 1. The first-order valence-electron chi connectivity index (χ1n) is 42.5. The Morgan fingerprint density at radius 3 is 1.10 bits per heavy atom. The summed E-state index contributed by atoms with van der Waals surface area (Å²) >= 11 is 16.0. The van der Waals surface area contributed by atoms with Crippen molar-refractivity contribution < 1.29 is 4.42 Å². The maximum atomic E-state index is 6.25. The van der Waals surface area contributed by atoms with Gasteiger partial charge in [-0.3, -0.25) is 29.6 Å². The molecule has 0 bridgehead atoms. The highest BCUT2D eigenvalue weighted by Crippen LogP contribution is 2.51. The zero-order valence-electron chi connectivity index (χ0n) is 66.5. The molecule has 20 rings (SSSR count). The number of amidine groups is 5. The van der Waals surface area contributed by atoms with Gasteiger partial charge in [0, 0.05) is 78.4 Å². The molecule has 0 saturated heterocycles. The number of rotatable bonds is 10. The molecule has 0 atom stereocenters. The highest BCUT2D eigenvalue weighted by Gasteiger charge is 2.46. The van der Waals surface area contributed by atoms with Gasteiger partial charge >= 0.3 is 0 Å². The zero-order chi connectivity index (χ0) is 77.5. The van der Waals surface area contributed by atoms with E-state index in [0.29, 0.717) is 16.6 Å². The molecule has 5 aliphatic carbocycles. The van der Waals surface area contributed by atoms with Crippen LogP contribution in [0.5, 0.6) is 0 Å². The lowest BCUT2D eigenvalue weighted by molar-refractivity contribution is 0.278. The summed E-state index contributed by atoms with van der Waals surface area (Å²) < 4.78 is 7.35. The van der Waals surface area contributed by atoms with Gasteiger partial charge in [0.2, 0.25) is 0 Å². The van der Waals surface area contributed by atoms with Gasteiger partial charge in [-0.05, 0) is 195 Å². The van der Waals surface area contributed by atoms with E-state index < -0.39 is 0 Å². The van der Waals surface area contributed by atoms with Crippen molar-refractivity contribution in [3.05, 3.63) is 270 Å². The molecule has 5 N–H and O–H groups in total. The van der Waals surface area contributed by atoms with Crippen LogP contribution in [0.1, 0.15) is 215 Å². The van der Waals surface area contributed by atoms with Crippen molar-refractivity contribution in [1.82, 2.24) is 9.78 Å². The van der Waals surface area contributed by atoms with Crippen molar-refractivity contribution in [2.24, 2.45) is 59.1 Å². The molecule has 6 aromatic carbocycles. The molecular weight excluding hydrogens is 1480 g/mol. The topological polar surface area (TPSA) is 153 Å². The molecule has 5 saturated carbocycles. The third-order valence-electron chi connectivity index (χ3n) is 26.0. The van der Waals surface area contributed by atoms with Crippen LogP contribution in [0, 0.1) is 27.1 Å². The van der Waals surface area contributed by atoms with Gasteiger partial charge < -0.3 is 31.0 Å². The fourth-order valence-electron chi connectivity index (χ4n) is 20.0. The molecule has 10 aliphatic rings.